The monoisotopic (exact) mass is 394 g/mol. The second-order valence-corrected chi connectivity index (χ2v) is 7.06. The molecule has 29 heavy (non-hydrogen) atoms. The van der Waals surface area contributed by atoms with Crippen LogP contribution in [0, 0.1) is 0 Å². The zero-order chi connectivity index (χ0) is 20.4. The molecule has 1 aliphatic carbocycles. The van der Waals surface area contributed by atoms with E-state index in [0.29, 0.717) is 35.3 Å². The molecule has 0 radical (unpaired) electrons. The van der Waals surface area contributed by atoms with E-state index in [9.17, 15) is 4.39 Å². The first kappa shape index (κ1) is 19.0. The largest absolute Gasteiger partial charge is 0.493 e. The number of fused-ring (bicyclic) bond motifs is 1. The van der Waals surface area contributed by atoms with E-state index in [2.05, 4.69) is 10.3 Å². The molecular formula is C22H23FN4O2. The van der Waals surface area contributed by atoms with E-state index in [4.69, 9.17) is 14.5 Å². The van der Waals surface area contributed by atoms with Gasteiger partial charge in [-0.05, 0) is 37.6 Å². The molecule has 1 atom stereocenters. The molecule has 0 saturated heterocycles. The van der Waals surface area contributed by atoms with Gasteiger partial charge in [0.15, 0.2) is 23.0 Å². The fourth-order valence-electron chi connectivity index (χ4n) is 3.36. The van der Waals surface area contributed by atoms with Crippen LogP contribution in [0.4, 0.5) is 15.9 Å². The van der Waals surface area contributed by atoms with E-state index < -0.39 is 5.67 Å². The minimum Gasteiger partial charge on any atom is -0.493 e. The Morgan fingerprint density at radius 2 is 2.17 bits per heavy atom. The standard InChI is InChI=1S/C22H23FN4O2/c1-4-29-18-8-7-16(12-19(18)28-3)25-20-21-24-10-11-27(21)14-17(26-20)15-6-5-9-22(2,23)13-15/h5-12,14H,4,13H2,1-3H3,(H,25,26). The minimum atomic E-state index is -1.38. The number of nitrogens with zero attached hydrogens (tertiary/aromatic N) is 3. The lowest BCUT2D eigenvalue weighted by Gasteiger charge is -2.21. The van der Waals surface area contributed by atoms with Gasteiger partial charge in [-0.25, -0.2) is 14.4 Å². The van der Waals surface area contributed by atoms with E-state index in [1.165, 1.54) is 0 Å². The number of methoxy groups -OCH3 is 1. The molecule has 1 N–H and O–H groups in total. The average Bonchev–Trinajstić information content (AvgIpc) is 3.17. The first-order valence-corrected chi connectivity index (χ1v) is 9.48. The number of allylic oxidation sites excluding steroid dienone is 4. The van der Waals surface area contributed by atoms with Crippen molar-refractivity contribution in [3.05, 3.63) is 60.7 Å². The predicted octanol–water partition coefficient (Wildman–Crippen LogP) is 4.95. The van der Waals surface area contributed by atoms with Crippen molar-refractivity contribution in [1.82, 2.24) is 14.4 Å². The molecule has 1 aliphatic rings. The minimum absolute atomic E-state index is 0.271. The second kappa shape index (κ2) is 7.58. The summed E-state index contributed by atoms with van der Waals surface area (Å²) in [5.41, 5.74) is 1.61. The highest BCUT2D eigenvalue weighted by atomic mass is 19.1. The van der Waals surface area contributed by atoms with Crippen molar-refractivity contribution in [3.8, 4) is 11.5 Å². The summed E-state index contributed by atoms with van der Waals surface area (Å²) in [5.74, 6) is 1.88. The lowest BCUT2D eigenvalue weighted by molar-refractivity contribution is 0.263. The van der Waals surface area contributed by atoms with Gasteiger partial charge in [-0.1, -0.05) is 12.2 Å². The second-order valence-electron chi connectivity index (χ2n) is 7.06. The fourth-order valence-corrected chi connectivity index (χ4v) is 3.36. The lowest BCUT2D eigenvalue weighted by atomic mass is 9.91. The summed E-state index contributed by atoms with van der Waals surface area (Å²) < 4.78 is 27.4. The van der Waals surface area contributed by atoms with Crippen LogP contribution in [0.2, 0.25) is 0 Å². The van der Waals surface area contributed by atoms with Crippen LogP contribution >= 0.6 is 0 Å². The summed E-state index contributed by atoms with van der Waals surface area (Å²) in [6.45, 7) is 4.05. The molecule has 0 bridgehead atoms. The van der Waals surface area contributed by atoms with Crippen LogP contribution in [0.3, 0.4) is 0 Å². The Bertz CT molecular complexity index is 1100. The van der Waals surface area contributed by atoms with Crippen molar-refractivity contribution in [2.45, 2.75) is 25.9 Å². The van der Waals surface area contributed by atoms with Gasteiger partial charge in [0.25, 0.3) is 0 Å². The number of ether oxygens (including phenoxy) is 2. The summed E-state index contributed by atoms with van der Waals surface area (Å²) in [4.78, 5) is 9.13. The molecule has 4 rings (SSSR count). The third kappa shape index (κ3) is 3.94. The SMILES string of the molecule is CCOc1ccc(Nc2nc(C3=CC=CC(C)(F)C3)cn3ccnc23)cc1OC. The molecule has 1 unspecified atom stereocenters. The number of nitrogens with one attached hydrogen (secondary N) is 1. The topological polar surface area (TPSA) is 60.7 Å². The van der Waals surface area contributed by atoms with Crippen molar-refractivity contribution in [3.63, 3.8) is 0 Å². The Kier molecular flexibility index (Phi) is 4.96. The molecule has 2 aromatic heterocycles. The first-order chi connectivity index (χ1) is 14.0. The van der Waals surface area contributed by atoms with Crippen LogP contribution in [0.1, 0.15) is 26.0 Å². The molecule has 7 heteroatoms. The lowest BCUT2D eigenvalue weighted by Crippen LogP contribution is -2.17. The van der Waals surface area contributed by atoms with Gasteiger partial charge >= 0.3 is 0 Å². The smallest absolute Gasteiger partial charge is 0.180 e. The summed E-state index contributed by atoms with van der Waals surface area (Å²) in [7, 11) is 1.60. The van der Waals surface area contributed by atoms with Crippen molar-refractivity contribution < 1.29 is 13.9 Å². The Balaban J connectivity index is 1.72. The molecule has 0 amide bonds. The Labute approximate surface area is 168 Å². The van der Waals surface area contributed by atoms with Gasteiger partial charge in [0, 0.05) is 36.8 Å². The highest BCUT2D eigenvalue weighted by Crippen LogP contribution is 2.34. The molecule has 0 fully saturated rings. The van der Waals surface area contributed by atoms with Crippen LogP contribution in [0.5, 0.6) is 11.5 Å². The number of anilines is 2. The molecule has 1 aromatic carbocycles. The number of benzene rings is 1. The molecule has 150 valence electrons. The predicted molar refractivity (Wildman–Crippen MR) is 112 cm³/mol. The fraction of sp³-hybridized carbons (Fsp3) is 0.273. The van der Waals surface area contributed by atoms with E-state index >= 15 is 0 Å². The van der Waals surface area contributed by atoms with Gasteiger partial charge in [0.2, 0.25) is 0 Å². The van der Waals surface area contributed by atoms with Gasteiger partial charge < -0.3 is 19.2 Å². The third-order valence-corrected chi connectivity index (χ3v) is 4.71. The number of alkyl halides is 1. The number of rotatable bonds is 6. The zero-order valence-electron chi connectivity index (χ0n) is 16.6. The van der Waals surface area contributed by atoms with Crippen molar-refractivity contribution in [2.24, 2.45) is 0 Å². The number of imidazole rings is 1. The van der Waals surface area contributed by atoms with Gasteiger partial charge in [-0.2, -0.15) is 0 Å². The van der Waals surface area contributed by atoms with Crippen molar-refractivity contribution in [2.75, 3.05) is 19.0 Å². The zero-order valence-corrected chi connectivity index (χ0v) is 16.6. The normalized spacial score (nSPS) is 18.6. The molecule has 6 nitrogen and oxygen atoms in total. The molecule has 0 spiro atoms. The molecule has 0 aliphatic heterocycles. The number of halogens is 1. The average molecular weight is 394 g/mol. The summed E-state index contributed by atoms with van der Waals surface area (Å²) in [5, 5.41) is 3.31. The van der Waals surface area contributed by atoms with E-state index in [-0.39, 0.29) is 6.42 Å². The highest BCUT2D eigenvalue weighted by molar-refractivity contribution is 5.75. The summed E-state index contributed by atoms with van der Waals surface area (Å²) >= 11 is 0. The number of aromatic nitrogens is 3. The van der Waals surface area contributed by atoms with E-state index in [0.717, 1.165) is 11.3 Å². The van der Waals surface area contributed by atoms with Crippen LogP contribution in [-0.4, -0.2) is 33.8 Å². The van der Waals surface area contributed by atoms with Gasteiger partial charge in [0.1, 0.15) is 5.67 Å². The summed E-state index contributed by atoms with van der Waals surface area (Å²) in [6, 6.07) is 5.59. The quantitative estimate of drug-likeness (QED) is 0.641. The third-order valence-electron chi connectivity index (χ3n) is 4.71. The maximum Gasteiger partial charge on any atom is 0.180 e. The van der Waals surface area contributed by atoms with Crippen LogP contribution in [-0.2, 0) is 0 Å². The van der Waals surface area contributed by atoms with Gasteiger partial charge in [-0.3, -0.25) is 0 Å². The van der Waals surface area contributed by atoms with Gasteiger partial charge in [-0.15, -0.1) is 0 Å². The molecular weight excluding hydrogens is 371 g/mol. The maximum absolute atomic E-state index is 14.5. The van der Waals surface area contributed by atoms with Gasteiger partial charge in [0.05, 0.1) is 19.4 Å². The van der Waals surface area contributed by atoms with Crippen LogP contribution in [0.15, 0.2) is 55.0 Å². The first-order valence-electron chi connectivity index (χ1n) is 9.48. The Hall–Kier alpha value is -3.35. The Morgan fingerprint density at radius 1 is 1.31 bits per heavy atom. The van der Waals surface area contributed by atoms with Crippen molar-refractivity contribution >= 4 is 22.7 Å². The van der Waals surface area contributed by atoms with E-state index in [1.807, 2.05) is 48.0 Å². The number of hydrogen-bond acceptors (Lipinski definition) is 5. The molecule has 3 aromatic rings. The van der Waals surface area contributed by atoms with Crippen molar-refractivity contribution in [1.29, 1.82) is 0 Å². The number of hydrogen-bond donors (Lipinski definition) is 1. The maximum atomic E-state index is 14.5. The molecule has 2 heterocycles. The van der Waals surface area contributed by atoms with Crippen LogP contribution in [0.25, 0.3) is 11.2 Å². The molecule has 0 saturated carbocycles. The highest BCUT2D eigenvalue weighted by Gasteiger charge is 2.25. The van der Waals surface area contributed by atoms with Crippen LogP contribution < -0.4 is 14.8 Å². The van der Waals surface area contributed by atoms with E-state index in [1.54, 1.807) is 32.4 Å². The summed E-state index contributed by atoms with van der Waals surface area (Å²) in [6.07, 6.45) is 10.9. The Morgan fingerprint density at radius 3 is 2.93 bits per heavy atom.